The van der Waals surface area contributed by atoms with Crippen molar-refractivity contribution >= 4 is 28.2 Å². The highest BCUT2D eigenvalue weighted by molar-refractivity contribution is 7.15. The van der Waals surface area contributed by atoms with Gasteiger partial charge in [-0.25, -0.2) is 9.98 Å². The summed E-state index contributed by atoms with van der Waals surface area (Å²) < 4.78 is 2.02. The number of nitrogens with zero attached hydrogens (tertiary/aromatic N) is 4. The van der Waals surface area contributed by atoms with Crippen molar-refractivity contribution in [2.24, 2.45) is 4.99 Å². The number of hydrogen-bond acceptors (Lipinski definition) is 4. The third kappa shape index (κ3) is 4.25. The molecule has 7 nitrogen and oxygen atoms in total. The zero-order chi connectivity index (χ0) is 16.8. The molecule has 1 aliphatic heterocycles. The molecule has 3 rings (SSSR count). The molecule has 1 fully saturated rings. The molecule has 2 aromatic rings. The fourth-order valence-corrected chi connectivity index (χ4v) is 3.49. The maximum absolute atomic E-state index is 11.6. The second kappa shape index (κ2) is 8.14. The molecule has 2 N–H and O–H groups in total. The normalized spacial score (nSPS) is 15.5. The molecule has 0 aliphatic carbocycles. The summed E-state index contributed by atoms with van der Waals surface area (Å²) in [6.07, 6.45) is 6.65. The van der Waals surface area contributed by atoms with Crippen LogP contribution in [0, 0.1) is 0 Å². The Bertz CT molecular complexity index is 678. The number of nitrogens with one attached hydrogen (secondary N) is 2. The van der Waals surface area contributed by atoms with Gasteiger partial charge in [0.05, 0.1) is 12.2 Å². The van der Waals surface area contributed by atoms with Crippen LogP contribution in [0.1, 0.15) is 31.9 Å². The van der Waals surface area contributed by atoms with Gasteiger partial charge in [-0.1, -0.05) is 0 Å². The average Bonchev–Trinajstić information content (AvgIpc) is 3.25. The van der Waals surface area contributed by atoms with E-state index in [1.807, 2.05) is 34.0 Å². The third-order valence-corrected chi connectivity index (χ3v) is 4.73. The predicted octanol–water partition coefficient (Wildman–Crippen LogP) is 1.46. The third-order valence-electron chi connectivity index (χ3n) is 3.96. The van der Waals surface area contributed by atoms with Crippen LogP contribution in [-0.4, -0.2) is 52.3 Å². The lowest BCUT2D eigenvalue weighted by atomic mass is 10.4. The molecule has 1 aliphatic rings. The van der Waals surface area contributed by atoms with Crippen LogP contribution in [0.5, 0.6) is 0 Å². The van der Waals surface area contributed by atoms with E-state index in [1.165, 1.54) is 0 Å². The molecule has 1 amide bonds. The van der Waals surface area contributed by atoms with Crippen molar-refractivity contribution in [1.82, 2.24) is 24.9 Å². The number of guanidine groups is 1. The molecular weight excluding hydrogens is 324 g/mol. The van der Waals surface area contributed by atoms with Crippen molar-refractivity contribution < 1.29 is 4.79 Å². The largest absolute Gasteiger partial charge is 0.357 e. The molecule has 8 heteroatoms. The van der Waals surface area contributed by atoms with Crippen LogP contribution in [-0.2, 0) is 11.3 Å². The number of aliphatic imine (C=N–C) groups is 1. The van der Waals surface area contributed by atoms with Crippen LogP contribution >= 0.6 is 11.3 Å². The van der Waals surface area contributed by atoms with Crippen LogP contribution in [0.4, 0.5) is 0 Å². The van der Waals surface area contributed by atoms with Gasteiger partial charge in [0.25, 0.3) is 0 Å². The number of imidazole rings is 1. The summed E-state index contributed by atoms with van der Waals surface area (Å²) in [5, 5.41) is 8.59. The summed E-state index contributed by atoms with van der Waals surface area (Å²) in [5.41, 5.74) is 0.960. The molecule has 0 radical (unpaired) electrons. The summed E-state index contributed by atoms with van der Waals surface area (Å²) in [6.45, 7) is 5.94. The quantitative estimate of drug-likeness (QED) is 0.451. The molecule has 0 aromatic carbocycles. The Morgan fingerprint density at radius 3 is 3.12 bits per heavy atom. The lowest BCUT2D eigenvalue weighted by molar-refractivity contribution is -0.127. The lowest BCUT2D eigenvalue weighted by Crippen LogP contribution is -2.39. The SMILES string of the molecule is CCNC(=NCc1cn2ccsc2n1)NCCCN1CCCC1=O. The molecule has 0 saturated carbocycles. The molecule has 1 saturated heterocycles. The van der Waals surface area contributed by atoms with Gasteiger partial charge in [-0.15, -0.1) is 11.3 Å². The van der Waals surface area contributed by atoms with E-state index in [0.717, 1.165) is 55.6 Å². The number of aromatic nitrogens is 2. The molecule has 2 aromatic heterocycles. The Hall–Kier alpha value is -2.09. The van der Waals surface area contributed by atoms with Gasteiger partial charge in [0, 0.05) is 50.4 Å². The highest BCUT2D eigenvalue weighted by atomic mass is 32.1. The van der Waals surface area contributed by atoms with Gasteiger partial charge in [0.15, 0.2) is 10.9 Å². The number of thiazole rings is 1. The predicted molar refractivity (Wildman–Crippen MR) is 96.3 cm³/mol. The Labute approximate surface area is 145 Å². The standard InChI is InChI=1S/C16H24N6OS/c1-2-17-15(18-6-4-8-21-7-3-5-14(21)23)19-11-13-12-22-9-10-24-16(22)20-13/h9-10,12H,2-8,11H2,1H3,(H2,17,18,19). The molecule has 0 atom stereocenters. The van der Waals surface area contributed by atoms with E-state index >= 15 is 0 Å². The minimum Gasteiger partial charge on any atom is -0.357 e. The van der Waals surface area contributed by atoms with E-state index in [1.54, 1.807) is 11.3 Å². The fraction of sp³-hybridized carbons (Fsp3) is 0.562. The average molecular weight is 348 g/mol. The Morgan fingerprint density at radius 2 is 2.38 bits per heavy atom. The van der Waals surface area contributed by atoms with Crippen LogP contribution in [0.15, 0.2) is 22.8 Å². The molecule has 0 bridgehead atoms. The van der Waals surface area contributed by atoms with Gasteiger partial charge in [0.2, 0.25) is 5.91 Å². The van der Waals surface area contributed by atoms with Crippen LogP contribution < -0.4 is 10.6 Å². The van der Waals surface area contributed by atoms with Crippen molar-refractivity contribution in [3.8, 4) is 0 Å². The minimum absolute atomic E-state index is 0.287. The molecular formula is C16H24N6OS. The van der Waals surface area contributed by atoms with Crippen LogP contribution in [0.25, 0.3) is 4.96 Å². The first-order valence-electron chi connectivity index (χ1n) is 8.47. The van der Waals surface area contributed by atoms with E-state index in [-0.39, 0.29) is 5.91 Å². The van der Waals surface area contributed by atoms with E-state index in [4.69, 9.17) is 0 Å². The maximum Gasteiger partial charge on any atom is 0.222 e. The topological polar surface area (TPSA) is 74.0 Å². The monoisotopic (exact) mass is 348 g/mol. The van der Waals surface area contributed by atoms with Crippen molar-refractivity contribution in [1.29, 1.82) is 0 Å². The first-order valence-corrected chi connectivity index (χ1v) is 9.35. The fourth-order valence-electron chi connectivity index (χ4n) is 2.77. The highest BCUT2D eigenvalue weighted by Gasteiger charge is 2.18. The van der Waals surface area contributed by atoms with Crippen molar-refractivity contribution in [2.45, 2.75) is 32.7 Å². The van der Waals surface area contributed by atoms with Crippen LogP contribution in [0.2, 0.25) is 0 Å². The van der Waals surface area contributed by atoms with Gasteiger partial charge in [-0.05, 0) is 19.8 Å². The number of carbonyl (C=O) groups excluding carboxylic acids is 1. The summed E-state index contributed by atoms with van der Waals surface area (Å²) in [6, 6.07) is 0. The Kier molecular flexibility index (Phi) is 5.68. The zero-order valence-corrected chi connectivity index (χ0v) is 14.8. The second-order valence-electron chi connectivity index (χ2n) is 5.78. The summed E-state index contributed by atoms with van der Waals surface area (Å²) in [7, 11) is 0. The summed E-state index contributed by atoms with van der Waals surface area (Å²) >= 11 is 1.62. The number of fused-ring (bicyclic) bond motifs is 1. The van der Waals surface area contributed by atoms with Gasteiger partial charge in [-0.3, -0.25) is 9.20 Å². The van der Waals surface area contributed by atoms with E-state index in [9.17, 15) is 4.79 Å². The number of hydrogen-bond donors (Lipinski definition) is 2. The van der Waals surface area contributed by atoms with Crippen molar-refractivity contribution in [3.63, 3.8) is 0 Å². The molecule has 24 heavy (non-hydrogen) atoms. The highest BCUT2D eigenvalue weighted by Crippen LogP contribution is 2.12. The summed E-state index contributed by atoms with van der Waals surface area (Å²) in [5.74, 6) is 1.08. The van der Waals surface area contributed by atoms with Crippen molar-refractivity contribution in [2.75, 3.05) is 26.2 Å². The maximum atomic E-state index is 11.6. The first kappa shape index (κ1) is 16.8. The van der Waals surface area contributed by atoms with E-state index in [0.29, 0.717) is 13.0 Å². The minimum atomic E-state index is 0.287. The van der Waals surface area contributed by atoms with Crippen LogP contribution in [0.3, 0.4) is 0 Å². The Morgan fingerprint density at radius 1 is 1.46 bits per heavy atom. The van der Waals surface area contributed by atoms with E-state index < -0.39 is 0 Å². The second-order valence-corrected chi connectivity index (χ2v) is 6.66. The van der Waals surface area contributed by atoms with E-state index in [2.05, 4.69) is 20.6 Å². The van der Waals surface area contributed by atoms with Gasteiger partial charge in [0.1, 0.15) is 0 Å². The smallest absolute Gasteiger partial charge is 0.222 e. The van der Waals surface area contributed by atoms with Crippen molar-refractivity contribution in [3.05, 3.63) is 23.5 Å². The number of carbonyl (C=O) groups is 1. The van der Waals surface area contributed by atoms with Gasteiger partial charge < -0.3 is 15.5 Å². The zero-order valence-electron chi connectivity index (χ0n) is 14.0. The molecule has 130 valence electrons. The number of amides is 1. The lowest BCUT2D eigenvalue weighted by Gasteiger charge is -2.16. The first-order chi connectivity index (χ1) is 11.8. The Balaban J connectivity index is 1.46. The number of likely N-dealkylation sites (tertiary alicyclic amines) is 1. The van der Waals surface area contributed by atoms with Gasteiger partial charge >= 0.3 is 0 Å². The molecule has 3 heterocycles. The summed E-state index contributed by atoms with van der Waals surface area (Å²) in [4.78, 5) is 23.6. The van der Waals surface area contributed by atoms with Gasteiger partial charge in [-0.2, -0.15) is 0 Å². The molecule has 0 spiro atoms. The molecule has 0 unspecified atom stereocenters. The number of rotatable bonds is 7.